The van der Waals surface area contributed by atoms with Gasteiger partial charge in [0.05, 0.1) is 11.4 Å². The van der Waals surface area contributed by atoms with Gasteiger partial charge in [-0.15, -0.1) is 0 Å². The van der Waals surface area contributed by atoms with Crippen molar-refractivity contribution in [2.24, 2.45) is 0 Å². The van der Waals surface area contributed by atoms with E-state index in [2.05, 4.69) is 38.7 Å². The van der Waals surface area contributed by atoms with E-state index >= 15 is 0 Å². The lowest BCUT2D eigenvalue weighted by Gasteiger charge is -2.10. The van der Waals surface area contributed by atoms with Gasteiger partial charge in [0, 0.05) is 23.9 Å². The van der Waals surface area contributed by atoms with Crippen molar-refractivity contribution >= 4 is 0 Å². The Bertz CT molecular complexity index is 627. The van der Waals surface area contributed by atoms with E-state index in [0.717, 1.165) is 17.8 Å². The van der Waals surface area contributed by atoms with Crippen LogP contribution in [0.4, 0.5) is 0 Å². The van der Waals surface area contributed by atoms with Crippen molar-refractivity contribution in [3.05, 3.63) is 45.9 Å². The van der Waals surface area contributed by atoms with E-state index in [1.54, 1.807) is 0 Å². The van der Waals surface area contributed by atoms with Crippen LogP contribution in [0, 0.1) is 27.7 Å². The zero-order valence-electron chi connectivity index (χ0n) is 10.8. The molecule has 0 radical (unpaired) electrons. The van der Waals surface area contributed by atoms with Crippen molar-refractivity contribution in [1.82, 2.24) is 9.97 Å². The second-order valence-corrected chi connectivity index (χ2v) is 4.96. The predicted octanol–water partition coefficient (Wildman–Crippen LogP) is 3.28. The van der Waals surface area contributed by atoms with Crippen molar-refractivity contribution in [2.75, 3.05) is 0 Å². The van der Waals surface area contributed by atoms with Crippen LogP contribution in [0.3, 0.4) is 0 Å². The maximum absolute atomic E-state index is 4.76. The molecule has 2 nitrogen and oxygen atoms in total. The van der Waals surface area contributed by atoms with Gasteiger partial charge in [-0.25, -0.2) is 0 Å². The van der Waals surface area contributed by atoms with E-state index in [4.69, 9.17) is 4.98 Å². The third-order valence-corrected chi connectivity index (χ3v) is 3.83. The lowest BCUT2D eigenvalue weighted by Crippen LogP contribution is -1.97. The molecule has 0 saturated carbocycles. The molecule has 0 amide bonds. The Morgan fingerprint density at radius 3 is 2.59 bits per heavy atom. The average molecular weight is 224 g/mol. The summed E-state index contributed by atoms with van der Waals surface area (Å²) < 4.78 is 0. The molecule has 0 unspecified atom stereocenters. The molecule has 17 heavy (non-hydrogen) atoms. The van der Waals surface area contributed by atoms with Crippen LogP contribution >= 0.6 is 0 Å². The molecular weight excluding hydrogens is 208 g/mol. The van der Waals surface area contributed by atoms with Gasteiger partial charge in [-0.05, 0) is 56.0 Å². The molecule has 2 heterocycles. The maximum Gasteiger partial charge on any atom is 0.0762 e. The van der Waals surface area contributed by atoms with Crippen LogP contribution in [0.2, 0.25) is 0 Å². The summed E-state index contributed by atoms with van der Waals surface area (Å²) in [6, 6.07) is 2.20. The van der Waals surface area contributed by atoms with E-state index in [-0.39, 0.29) is 0 Å². The Balaban J connectivity index is 2.33. The molecule has 0 bridgehead atoms. The smallest absolute Gasteiger partial charge is 0.0762 e. The fourth-order valence-corrected chi connectivity index (χ4v) is 2.54. The van der Waals surface area contributed by atoms with Crippen molar-refractivity contribution in [3.8, 4) is 11.3 Å². The van der Waals surface area contributed by atoms with Gasteiger partial charge >= 0.3 is 0 Å². The van der Waals surface area contributed by atoms with Gasteiger partial charge in [0.2, 0.25) is 0 Å². The molecule has 1 aliphatic rings. The highest BCUT2D eigenvalue weighted by molar-refractivity contribution is 5.74. The quantitative estimate of drug-likeness (QED) is 0.585. The normalized spacial score (nSPS) is 12.5. The summed E-state index contributed by atoms with van der Waals surface area (Å²) in [6.07, 6.45) is 2.88. The number of aryl methyl sites for hydroxylation is 2. The third-order valence-electron chi connectivity index (χ3n) is 3.83. The van der Waals surface area contributed by atoms with E-state index in [9.17, 15) is 0 Å². The molecule has 0 fully saturated rings. The van der Waals surface area contributed by atoms with Crippen LogP contribution in [0.1, 0.15) is 33.6 Å². The summed E-state index contributed by atoms with van der Waals surface area (Å²) in [7, 11) is 0. The Morgan fingerprint density at radius 1 is 1.06 bits per heavy atom. The summed E-state index contributed by atoms with van der Waals surface area (Å²) >= 11 is 0. The van der Waals surface area contributed by atoms with Crippen LogP contribution in [0.15, 0.2) is 12.3 Å². The van der Waals surface area contributed by atoms with Gasteiger partial charge in [-0.1, -0.05) is 0 Å². The molecule has 0 spiro atoms. The Morgan fingerprint density at radius 2 is 1.82 bits per heavy atom. The number of pyridine rings is 2. The lowest BCUT2D eigenvalue weighted by atomic mass is 10.0. The van der Waals surface area contributed by atoms with E-state index in [0.29, 0.717) is 0 Å². The minimum atomic E-state index is 0.935. The highest BCUT2D eigenvalue weighted by Crippen LogP contribution is 2.37. The molecule has 0 atom stereocenters. The summed E-state index contributed by atoms with van der Waals surface area (Å²) in [5, 5.41) is 0. The number of nitrogens with zero attached hydrogens (tertiary/aromatic N) is 2. The van der Waals surface area contributed by atoms with Crippen LogP contribution in [-0.2, 0) is 6.42 Å². The molecule has 2 aromatic heterocycles. The van der Waals surface area contributed by atoms with Crippen LogP contribution in [-0.4, -0.2) is 9.97 Å². The Hall–Kier alpha value is -1.70. The van der Waals surface area contributed by atoms with Crippen molar-refractivity contribution in [3.63, 3.8) is 0 Å². The summed E-state index contributed by atoms with van der Waals surface area (Å²) in [5.74, 6) is 0. The Kier molecular flexibility index (Phi) is 2.09. The number of aromatic nitrogens is 2. The maximum atomic E-state index is 4.76. The van der Waals surface area contributed by atoms with Gasteiger partial charge in [-0.2, -0.15) is 0 Å². The first-order valence-electron chi connectivity index (χ1n) is 6.00. The van der Waals surface area contributed by atoms with Crippen LogP contribution in [0.5, 0.6) is 0 Å². The van der Waals surface area contributed by atoms with Gasteiger partial charge in [0.25, 0.3) is 0 Å². The Labute approximate surface area is 102 Å². The molecule has 0 saturated heterocycles. The summed E-state index contributed by atoms with van der Waals surface area (Å²) in [4.78, 5) is 9.29. The second kappa shape index (κ2) is 3.39. The van der Waals surface area contributed by atoms with Gasteiger partial charge < -0.3 is 0 Å². The molecule has 86 valence electrons. The number of hydrogen-bond donors (Lipinski definition) is 0. The van der Waals surface area contributed by atoms with Gasteiger partial charge in [-0.3, -0.25) is 9.97 Å². The van der Waals surface area contributed by atoms with Crippen LogP contribution in [0.25, 0.3) is 11.3 Å². The van der Waals surface area contributed by atoms with Crippen molar-refractivity contribution in [2.45, 2.75) is 34.1 Å². The predicted molar refractivity (Wildman–Crippen MR) is 69.2 cm³/mol. The van der Waals surface area contributed by atoms with Crippen molar-refractivity contribution < 1.29 is 0 Å². The standard InChI is InChI=1S/C15H16N2/c1-8-5-13-14(16-7-8)6-12-10(3)9(2)11(4)17-15(12)13/h5,7H,6H2,1-4H3. The van der Waals surface area contributed by atoms with E-state index in [1.165, 1.54) is 33.5 Å². The average Bonchev–Trinajstić information content (AvgIpc) is 2.65. The minimum Gasteiger partial charge on any atom is -0.260 e. The highest BCUT2D eigenvalue weighted by Gasteiger charge is 2.24. The van der Waals surface area contributed by atoms with Gasteiger partial charge in [0.1, 0.15) is 0 Å². The molecule has 0 aromatic carbocycles. The van der Waals surface area contributed by atoms with E-state index < -0.39 is 0 Å². The van der Waals surface area contributed by atoms with E-state index in [1.807, 2.05) is 6.20 Å². The molecular formula is C15H16N2. The van der Waals surface area contributed by atoms with Crippen molar-refractivity contribution in [1.29, 1.82) is 0 Å². The molecule has 0 aliphatic heterocycles. The molecule has 2 heteroatoms. The lowest BCUT2D eigenvalue weighted by molar-refractivity contribution is 1.06. The SMILES string of the molecule is Cc1cnc2c(c1)-c1nc(C)c(C)c(C)c1C2. The topological polar surface area (TPSA) is 25.8 Å². The largest absolute Gasteiger partial charge is 0.260 e. The molecule has 3 rings (SSSR count). The summed E-state index contributed by atoms with van der Waals surface area (Å²) in [5.41, 5.74) is 9.94. The first kappa shape index (κ1) is 10.5. The third kappa shape index (κ3) is 1.40. The number of hydrogen-bond acceptors (Lipinski definition) is 2. The first-order valence-corrected chi connectivity index (χ1v) is 6.00. The number of rotatable bonds is 0. The monoisotopic (exact) mass is 224 g/mol. The second-order valence-electron chi connectivity index (χ2n) is 4.96. The van der Waals surface area contributed by atoms with Gasteiger partial charge in [0.15, 0.2) is 0 Å². The zero-order chi connectivity index (χ0) is 12.2. The first-order chi connectivity index (χ1) is 8.08. The fraction of sp³-hybridized carbons (Fsp3) is 0.333. The summed E-state index contributed by atoms with van der Waals surface area (Å²) in [6.45, 7) is 8.52. The fourth-order valence-electron chi connectivity index (χ4n) is 2.54. The zero-order valence-corrected chi connectivity index (χ0v) is 10.8. The molecule has 0 N–H and O–H groups in total. The minimum absolute atomic E-state index is 0.935. The number of fused-ring (bicyclic) bond motifs is 3. The van der Waals surface area contributed by atoms with Crippen LogP contribution < -0.4 is 0 Å². The molecule has 1 aliphatic carbocycles. The molecule has 2 aromatic rings. The highest BCUT2D eigenvalue weighted by atomic mass is 14.8.